The van der Waals surface area contributed by atoms with Crippen LogP contribution in [0.3, 0.4) is 0 Å². The first-order chi connectivity index (χ1) is 10.2. The second kappa shape index (κ2) is 5.75. The van der Waals surface area contributed by atoms with Crippen molar-refractivity contribution in [2.45, 2.75) is 6.54 Å². The first-order valence-corrected chi connectivity index (χ1v) is 6.66. The van der Waals surface area contributed by atoms with E-state index in [1.807, 2.05) is 43.4 Å². The number of hydrogen-bond acceptors (Lipinski definition) is 3. The van der Waals surface area contributed by atoms with Gasteiger partial charge in [-0.2, -0.15) is 0 Å². The molecule has 4 nitrogen and oxygen atoms in total. The van der Waals surface area contributed by atoms with Gasteiger partial charge < -0.3 is 9.88 Å². The lowest BCUT2D eigenvalue weighted by atomic mass is 10.0. The number of halogens is 1. The fourth-order valence-corrected chi connectivity index (χ4v) is 2.12. The van der Waals surface area contributed by atoms with Crippen molar-refractivity contribution in [2.75, 3.05) is 5.32 Å². The average molecular weight is 282 g/mol. The van der Waals surface area contributed by atoms with Crippen LogP contribution in [0.2, 0.25) is 0 Å². The van der Waals surface area contributed by atoms with E-state index in [-0.39, 0.29) is 5.82 Å². The molecule has 3 rings (SSSR count). The van der Waals surface area contributed by atoms with Gasteiger partial charge in [0.15, 0.2) is 0 Å². The van der Waals surface area contributed by atoms with Gasteiger partial charge in [-0.1, -0.05) is 42.5 Å². The number of benzene rings is 2. The van der Waals surface area contributed by atoms with Gasteiger partial charge in [0.2, 0.25) is 5.95 Å². The molecule has 5 heteroatoms. The van der Waals surface area contributed by atoms with E-state index in [9.17, 15) is 4.39 Å². The Balaban J connectivity index is 1.77. The Morgan fingerprint density at radius 2 is 1.90 bits per heavy atom. The maximum absolute atomic E-state index is 14.2. The first kappa shape index (κ1) is 13.3. The molecule has 1 heterocycles. The second-order valence-corrected chi connectivity index (χ2v) is 4.79. The summed E-state index contributed by atoms with van der Waals surface area (Å²) in [4.78, 5) is 0. The van der Waals surface area contributed by atoms with Crippen molar-refractivity contribution in [1.82, 2.24) is 14.8 Å². The summed E-state index contributed by atoms with van der Waals surface area (Å²) in [5.41, 5.74) is 2.47. The SMILES string of the molecule is Cn1cnnc1NCc1ccc(-c2ccccc2)cc1F. The van der Waals surface area contributed by atoms with Gasteiger partial charge in [-0.3, -0.25) is 0 Å². The Hall–Kier alpha value is -2.69. The molecular formula is C16H15FN4. The molecule has 0 aliphatic heterocycles. The van der Waals surface area contributed by atoms with Crippen LogP contribution in [0, 0.1) is 5.82 Å². The monoisotopic (exact) mass is 282 g/mol. The van der Waals surface area contributed by atoms with Crippen LogP contribution in [0.1, 0.15) is 5.56 Å². The highest BCUT2D eigenvalue weighted by molar-refractivity contribution is 5.63. The van der Waals surface area contributed by atoms with Crippen LogP contribution in [0.15, 0.2) is 54.9 Å². The number of aromatic nitrogens is 3. The zero-order valence-corrected chi connectivity index (χ0v) is 11.6. The zero-order chi connectivity index (χ0) is 14.7. The summed E-state index contributed by atoms with van der Waals surface area (Å²) in [7, 11) is 1.83. The summed E-state index contributed by atoms with van der Waals surface area (Å²) in [6.07, 6.45) is 1.59. The van der Waals surface area contributed by atoms with Gasteiger partial charge in [-0.15, -0.1) is 10.2 Å². The number of rotatable bonds is 4. The molecule has 0 aliphatic rings. The van der Waals surface area contributed by atoms with E-state index in [1.54, 1.807) is 23.0 Å². The number of anilines is 1. The molecule has 0 radical (unpaired) electrons. The van der Waals surface area contributed by atoms with E-state index in [1.165, 1.54) is 0 Å². The summed E-state index contributed by atoms with van der Waals surface area (Å²) >= 11 is 0. The van der Waals surface area contributed by atoms with Gasteiger partial charge in [-0.25, -0.2) is 4.39 Å². The van der Waals surface area contributed by atoms with Gasteiger partial charge in [-0.05, 0) is 17.2 Å². The highest BCUT2D eigenvalue weighted by atomic mass is 19.1. The minimum Gasteiger partial charge on any atom is -0.350 e. The lowest BCUT2D eigenvalue weighted by Gasteiger charge is -2.08. The van der Waals surface area contributed by atoms with Gasteiger partial charge in [0.05, 0.1) is 0 Å². The number of aryl methyl sites for hydroxylation is 1. The smallest absolute Gasteiger partial charge is 0.224 e. The predicted molar refractivity (Wildman–Crippen MR) is 80.2 cm³/mol. The van der Waals surface area contributed by atoms with E-state index in [4.69, 9.17) is 0 Å². The van der Waals surface area contributed by atoms with E-state index >= 15 is 0 Å². The molecule has 0 amide bonds. The Morgan fingerprint density at radius 3 is 2.57 bits per heavy atom. The summed E-state index contributed by atoms with van der Waals surface area (Å²) in [6, 6.07) is 15.0. The van der Waals surface area contributed by atoms with Crippen LogP contribution in [-0.2, 0) is 13.6 Å². The molecule has 0 bridgehead atoms. The van der Waals surface area contributed by atoms with Gasteiger partial charge >= 0.3 is 0 Å². The summed E-state index contributed by atoms with van der Waals surface area (Å²) in [5, 5.41) is 10.7. The van der Waals surface area contributed by atoms with E-state index in [2.05, 4.69) is 15.5 Å². The quantitative estimate of drug-likeness (QED) is 0.799. The maximum atomic E-state index is 14.2. The van der Waals surface area contributed by atoms with E-state index in [0.29, 0.717) is 18.1 Å². The molecule has 2 aromatic carbocycles. The first-order valence-electron chi connectivity index (χ1n) is 6.66. The van der Waals surface area contributed by atoms with Crippen molar-refractivity contribution in [3.05, 3.63) is 66.2 Å². The molecule has 0 spiro atoms. The van der Waals surface area contributed by atoms with Crippen molar-refractivity contribution in [3.63, 3.8) is 0 Å². The zero-order valence-electron chi connectivity index (χ0n) is 11.6. The van der Waals surface area contributed by atoms with E-state index < -0.39 is 0 Å². The molecule has 0 saturated carbocycles. The normalized spacial score (nSPS) is 10.6. The van der Waals surface area contributed by atoms with Crippen molar-refractivity contribution in [2.24, 2.45) is 7.05 Å². The number of nitrogens with zero attached hydrogens (tertiary/aromatic N) is 3. The third-order valence-electron chi connectivity index (χ3n) is 3.31. The largest absolute Gasteiger partial charge is 0.350 e. The fourth-order valence-electron chi connectivity index (χ4n) is 2.12. The van der Waals surface area contributed by atoms with Crippen molar-refractivity contribution < 1.29 is 4.39 Å². The predicted octanol–water partition coefficient (Wildman–Crippen LogP) is 3.23. The number of nitrogens with one attached hydrogen (secondary N) is 1. The van der Waals surface area contributed by atoms with Crippen molar-refractivity contribution in [1.29, 1.82) is 0 Å². The lowest BCUT2D eigenvalue weighted by Crippen LogP contribution is -2.06. The Labute approximate surface area is 122 Å². The molecule has 0 saturated heterocycles. The van der Waals surface area contributed by atoms with Gasteiger partial charge in [0.1, 0.15) is 12.1 Å². The molecule has 1 aromatic heterocycles. The van der Waals surface area contributed by atoms with Crippen LogP contribution in [0.4, 0.5) is 10.3 Å². The molecule has 0 aliphatic carbocycles. The summed E-state index contributed by atoms with van der Waals surface area (Å²) < 4.78 is 15.9. The molecule has 0 fully saturated rings. The molecule has 1 N–H and O–H groups in total. The molecule has 21 heavy (non-hydrogen) atoms. The standard InChI is InChI=1S/C16H15FN4/c1-21-11-19-20-16(21)18-10-14-8-7-13(9-15(14)17)12-5-3-2-4-6-12/h2-9,11H,10H2,1H3,(H,18,20). The highest BCUT2D eigenvalue weighted by Crippen LogP contribution is 2.22. The molecule has 0 unspecified atom stereocenters. The lowest BCUT2D eigenvalue weighted by molar-refractivity contribution is 0.613. The van der Waals surface area contributed by atoms with Crippen LogP contribution in [0.25, 0.3) is 11.1 Å². The van der Waals surface area contributed by atoms with E-state index in [0.717, 1.165) is 11.1 Å². The molecule has 0 atom stereocenters. The van der Waals surface area contributed by atoms with Crippen molar-refractivity contribution in [3.8, 4) is 11.1 Å². The Morgan fingerprint density at radius 1 is 1.10 bits per heavy atom. The second-order valence-electron chi connectivity index (χ2n) is 4.79. The maximum Gasteiger partial charge on any atom is 0.224 e. The van der Waals surface area contributed by atoms with Crippen molar-refractivity contribution >= 4 is 5.95 Å². The van der Waals surface area contributed by atoms with Gasteiger partial charge in [0.25, 0.3) is 0 Å². The summed E-state index contributed by atoms with van der Waals surface area (Å²) in [5.74, 6) is 0.382. The molecule has 106 valence electrons. The Bertz CT molecular complexity index is 737. The third-order valence-corrected chi connectivity index (χ3v) is 3.31. The Kier molecular flexibility index (Phi) is 3.64. The number of hydrogen-bond donors (Lipinski definition) is 1. The average Bonchev–Trinajstić information content (AvgIpc) is 2.92. The molecule has 3 aromatic rings. The van der Waals surface area contributed by atoms with Crippen LogP contribution >= 0.6 is 0 Å². The third kappa shape index (κ3) is 2.91. The highest BCUT2D eigenvalue weighted by Gasteiger charge is 2.06. The van der Waals surface area contributed by atoms with Crippen LogP contribution in [0.5, 0.6) is 0 Å². The van der Waals surface area contributed by atoms with Crippen LogP contribution in [-0.4, -0.2) is 14.8 Å². The van der Waals surface area contributed by atoms with Gasteiger partial charge in [0, 0.05) is 19.2 Å². The minimum atomic E-state index is -0.231. The molecular weight excluding hydrogens is 267 g/mol. The summed E-state index contributed by atoms with van der Waals surface area (Å²) in [6.45, 7) is 0.368. The fraction of sp³-hybridized carbons (Fsp3) is 0.125. The van der Waals surface area contributed by atoms with Crippen LogP contribution < -0.4 is 5.32 Å². The minimum absolute atomic E-state index is 0.231. The topological polar surface area (TPSA) is 42.7 Å².